The largest absolute Gasteiger partial charge is 0.481 e. The van der Waals surface area contributed by atoms with Gasteiger partial charge in [-0.2, -0.15) is 0 Å². The fraction of sp³-hybridized carbons (Fsp3) is 0.533. The molecule has 2 aliphatic rings. The van der Waals surface area contributed by atoms with Gasteiger partial charge in [-0.05, 0) is 22.0 Å². The molecule has 0 radical (unpaired) electrons. The Morgan fingerprint density at radius 2 is 2.28 bits per heavy atom. The van der Waals surface area contributed by atoms with Crippen molar-refractivity contribution in [3.63, 3.8) is 0 Å². The molecule has 2 aliphatic heterocycles. The molecule has 3 atom stereocenters. The summed E-state index contributed by atoms with van der Waals surface area (Å²) in [4.78, 5) is 43.7. The molecule has 4 heterocycles. The first-order chi connectivity index (χ1) is 15.4. The molecule has 0 aromatic carbocycles. The molecular weight excluding hydrogens is 482 g/mol. The number of carbonyl (C=O) groups excluding carboxylic acids is 2. The highest BCUT2D eigenvalue weighted by atomic mass is 32.2. The van der Waals surface area contributed by atoms with Gasteiger partial charge in [0.25, 0.3) is 5.91 Å². The number of rotatable bonds is 8. The van der Waals surface area contributed by atoms with Gasteiger partial charge in [-0.3, -0.25) is 14.4 Å². The number of hydrogen-bond acceptors (Lipinski definition) is 13. The Labute approximate surface area is 193 Å². The maximum absolute atomic E-state index is 12.8. The summed E-state index contributed by atoms with van der Waals surface area (Å²) in [5, 5.41) is 32.8. The Kier molecular flexibility index (Phi) is 6.29. The Morgan fingerprint density at radius 1 is 1.47 bits per heavy atom. The summed E-state index contributed by atoms with van der Waals surface area (Å²) in [5.41, 5.74) is -1.03. The molecule has 2 aromatic rings. The van der Waals surface area contributed by atoms with Crippen LogP contribution in [0, 0.1) is 5.41 Å². The van der Waals surface area contributed by atoms with Gasteiger partial charge in [-0.15, -0.1) is 22.0 Å². The number of aliphatic carboxylic acids is 1. The van der Waals surface area contributed by atoms with Crippen LogP contribution in [0.3, 0.4) is 0 Å². The number of nitrogens with one attached hydrogen (secondary N) is 1. The summed E-state index contributed by atoms with van der Waals surface area (Å²) in [7, 11) is 2.96. The van der Waals surface area contributed by atoms with Crippen LogP contribution < -0.4 is 5.32 Å². The van der Waals surface area contributed by atoms with E-state index >= 15 is 0 Å². The number of hydrogen-bond donors (Lipinski definition) is 2. The normalized spacial score (nSPS) is 25.1. The van der Waals surface area contributed by atoms with Gasteiger partial charge in [0.15, 0.2) is 5.71 Å². The third-order valence-corrected chi connectivity index (χ3v) is 8.34. The molecule has 2 fully saturated rings. The molecule has 2 unspecified atom stereocenters. The van der Waals surface area contributed by atoms with Crippen LogP contribution in [0.5, 0.6) is 0 Å². The molecule has 0 bridgehead atoms. The number of β-lactam (4-membered cyclic amide) rings is 1. The van der Waals surface area contributed by atoms with Crippen molar-refractivity contribution in [2.24, 2.45) is 17.6 Å². The molecule has 0 saturated carbocycles. The Hall–Kier alpha value is -2.79. The topological polar surface area (TPSA) is 178 Å². The van der Waals surface area contributed by atoms with Crippen LogP contribution in [0.4, 0.5) is 0 Å². The minimum Gasteiger partial charge on any atom is -0.481 e. The maximum Gasteiger partial charge on any atom is 0.313 e. The van der Waals surface area contributed by atoms with Crippen molar-refractivity contribution < 1.29 is 24.3 Å². The van der Waals surface area contributed by atoms with E-state index in [1.807, 2.05) is 0 Å². The lowest BCUT2D eigenvalue weighted by molar-refractivity contribution is -0.157. The molecule has 17 heteroatoms. The molecule has 14 nitrogen and oxygen atoms in total. The highest BCUT2D eigenvalue weighted by Gasteiger charge is 2.57. The number of aryl methyl sites for hydroxylation is 1. The van der Waals surface area contributed by atoms with Gasteiger partial charge in [0, 0.05) is 30.5 Å². The van der Waals surface area contributed by atoms with Gasteiger partial charge in [0.1, 0.15) is 29.6 Å². The number of carboxylic acids is 1. The van der Waals surface area contributed by atoms with E-state index in [0.29, 0.717) is 5.16 Å². The van der Waals surface area contributed by atoms with Gasteiger partial charge >= 0.3 is 5.97 Å². The second-order valence-electron chi connectivity index (χ2n) is 6.99. The molecule has 2 N–H and O–H groups in total. The zero-order chi connectivity index (χ0) is 22.9. The standard InChI is InChI=1S/C15H17N9O5S3/c1-23-14(18-20-21-23)31-6-15(13(27)28)4-24-11(26)9(12(24)30-5-15)16-10(25)8(19-29-2)7-3-32-22-17-7/h3,9,12H,4-6H2,1-2H3,(H,16,25)(H,27,28)/t9?,12-,15?/m1/s1. The number of carboxylic acid groups (broad SMARTS) is 1. The van der Waals surface area contributed by atoms with Crippen LogP contribution in [0.1, 0.15) is 5.69 Å². The summed E-state index contributed by atoms with van der Waals surface area (Å²) < 4.78 is 5.15. The smallest absolute Gasteiger partial charge is 0.313 e. The van der Waals surface area contributed by atoms with Crippen LogP contribution in [0.15, 0.2) is 15.7 Å². The molecule has 2 aromatic heterocycles. The van der Waals surface area contributed by atoms with Crippen molar-refractivity contribution in [1.29, 1.82) is 0 Å². The van der Waals surface area contributed by atoms with Crippen molar-refractivity contribution in [2.75, 3.05) is 25.2 Å². The molecule has 32 heavy (non-hydrogen) atoms. The number of fused-ring (bicyclic) bond motifs is 1. The van der Waals surface area contributed by atoms with Crippen LogP contribution in [0.25, 0.3) is 0 Å². The first kappa shape index (κ1) is 22.4. The second kappa shape index (κ2) is 8.99. The summed E-state index contributed by atoms with van der Waals surface area (Å²) in [5.74, 6) is -1.54. The molecular formula is C15H17N9O5S3. The lowest BCUT2D eigenvalue weighted by atomic mass is 9.89. The zero-order valence-corrected chi connectivity index (χ0v) is 19.2. The number of tetrazole rings is 1. The minimum atomic E-state index is -1.17. The summed E-state index contributed by atoms with van der Waals surface area (Å²) in [6, 6.07) is -0.802. The van der Waals surface area contributed by atoms with Crippen LogP contribution in [-0.4, -0.2) is 99.9 Å². The van der Waals surface area contributed by atoms with Crippen molar-refractivity contribution in [2.45, 2.75) is 16.6 Å². The summed E-state index contributed by atoms with van der Waals surface area (Å²) >= 11 is 3.57. The fourth-order valence-electron chi connectivity index (χ4n) is 3.23. The fourth-order valence-corrected chi connectivity index (χ4v) is 6.38. The van der Waals surface area contributed by atoms with Gasteiger partial charge in [-0.25, -0.2) is 4.68 Å². The van der Waals surface area contributed by atoms with E-state index in [-0.39, 0.29) is 40.7 Å². The van der Waals surface area contributed by atoms with Gasteiger partial charge < -0.3 is 20.2 Å². The van der Waals surface area contributed by atoms with Crippen molar-refractivity contribution in [3.8, 4) is 0 Å². The molecule has 0 spiro atoms. The zero-order valence-electron chi connectivity index (χ0n) is 16.7. The van der Waals surface area contributed by atoms with E-state index in [4.69, 9.17) is 4.84 Å². The van der Waals surface area contributed by atoms with Crippen LogP contribution in [-0.2, 0) is 26.3 Å². The summed E-state index contributed by atoms with van der Waals surface area (Å²) in [6.07, 6.45) is 0. The molecule has 2 amide bonds. The third-order valence-electron chi connectivity index (χ3n) is 4.94. The lowest BCUT2D eigenvalue weighted by Crippen LogP contribution is -2.74. The number of oxime groups is 1. The van der Waals surface area contributed by atoms with E-state index in [9.17, 15) is 19.5 Å². The minimum absolute atomic E-state index is 0.0263. The average molecular weight is 500 g/mol. The van der Waals surface area contributed by atoms with Gasteiger partial charge in [0.05, 0.1) is 0 Å². The number of nitrogens with zero attached hydrogens (tertiary/aromatic N) is 8. The highest BCUT2D eigenvalue weighted by molar-refractivity contribution is 8.00. The molecule has 0 aliphatic carbocycles. The van der Waals surface area contributed by atoms with Crippen molar-refractivity contribution >= 4 is 58.6 Å². The Bertz CT molecular complexity index is 1060. The number of thioether (sulfide) groups is 2. The highest BCUT2D eigenvalue weighted by Crippen LogP contribution is 2.44. The number of aromatic nitrogens is 6. The van der Waals surface area contributed by atoms with E-state index < -0.39 is 23.3 Å². The van der Waals surface area contributed by atoms with Crippen LogP contribution in [0.2, 0.25) is 0 Å². The predicted molar refractivity (Wildman–Crippen MR) is 113 cm³/mol. The van der Waals surface area contributed by atoms with Crippen LogP contribution >= 0.6 is 35.1 Å². The summed E-state index contributed by atoms with van der Waals surface area (Å²) in [6.45, 7) is 0.0263. The lowest BCUT2D eigenvalue weighted by Gasteiger charge is -2.53. The van der Waals surface area contributed by atoms with Gasteiger partial charge in [-0.1, -0.05) is 21.4 Å². The van der Waals surface area contributed by atoms with Crippen molar-refractivity contribution in [3.05, 3.63) is 11.1 Å². The van der Waals surface area contributed by atoms with Crippen molar-refractivity contribution in [1.82, 2.24) is 40.0 Å². The predicted octanol–water partition coefficient (Wildman–Crippen LogP) is -1.32. The SMILES string of the molecule is CON=C(C(=O)NC1C(=O)N2CC(CSc3nnnn3C)(C(=O)O)CS[C@H]12)c1csnn1. The molecule has 170 valence electrons. The van der Waals surface area contributed by atoms with Gasteiger partial charge in [0.2, 0.25) is 11.1 Å². The Balaban J connectivity index is 1.42. The second-order valence-corrected chi connectivity index (χ2v) is 9.65. The maximum atomic E-state index is 12.8. The monoisotopic (exact) mass is 499 g/mol. The quantitative estimate of drug-likeness (QED) is 0.190. The van der Waals surface area contributed by atoms with E-state index in [2.05, 4.69) is 35.6 Å². The number of carbonyl (C=O) groups is 3. The Morgan fingerprint density at radius 3 is 2.91 bits per heavy atom. The first-order valence-corrected chi connectivity index (χ1v) is 11.9. The molecule has 4 rings (SSSR count). The third kappa shape index (κ3) is 4.02. The van der Waals surface area contributed by atoms with E-state index in [1.54, 1.807) is 7.05 Å². The average Bonchev–Trinajstić information content (AvgIpc) is 3.45. The first-order valence-electron chi connectivity index (χ1n) is 9.06. The van der Waals surface area contributed by atoms with E-state index in [1.165, 1.54) is 45.6 Å². The number of amides is 2. The van der Waals surface area contributed by atoms with E-state index in [0.717, 1.165) is 11.5 Å². The molecule has 2 saturated heterocycles.